The summed E-state index contributed by atoms with van der Waals surface area (Å²) in [5.74, 6) is -1.41. The van der Waals surface area contributed by atoms with Crippen molar-refractivity contribution in [1.82, 2.24) is 9.97 Å². The highest BCUT2D eigenvalue weighted by Gasteiger charge is 2.34. The molecule has 1 aromatic carbocycles. The van der Waals surface area contributed by atoms with Crippen LogP contribution >= 0.6 is 15.9 Å². The van der Waals surface area contributed by atoms with Crippen molar-refractivity contribution < 1.29 is 22.3 Å². The summed E-state index contributed by atoms with van der Waals surface area (Å²) in [5, 5.41) is 0. The van der Waals surface area contributed by atoms with Gasteiger partial charge in [0.15, 0.2) is 0 Å². The lowest BCUT2D eigenvalue weighted by Crippen LogP contribution is -2.07. The Morgan fingerprint density at radius 2 is 1.84 bits per heavy atom. The second-order valence-corrected chi connectivity index (χ2v) is 4.23. The molecule has 0 aliphatic carbocycles. The fourth-order valence-electron chi connectivity index (χ4n) is 1.28. The third-order valence-corrected chi connectivity index (χ3v) is 2.51. The summed E-state index contributed by atoms with van der Waals surface area (Å²) in [6.45, 7) is 0. The lowest BCUT2D eigenvalue weighted by atomic mass is 10.2. The van der Waals surface area contributed by atoms with Gasteiger partial charge < -0.3 is 4.74 Å². The van der Waals surface area contributed by atoms with Crippen LogP contribution in [0.5, 0.6) is 11.6 Å². The fraction of sp³-hybridized carbons (Fsp3) is 0.0909. The summed E-state index contributed by atoms with van der Waals surface area (Å²) in [6.07, 6.45) is -3.54. The van der Waals surface area contributed by atoms with Gasteiger partial charge in [-0.25, -0.2) is 14.4 Å². The first-order valence-corrected chi connectivity index (χ1v) is 5.68. The van der Waals surface area contributed by atoms with Crippen molar-refractivity contribution in [2.24, 2.45) is 0 Å². The summed E-state index contributed by atoms with van der Waals surface area (Å²) in [7, 11) is 0. The highest BCUT2D eigenvalue weighted by atomic mass is 79.9. The van der Waals surface area contributed by atoms with Gasteiger partial charge in [0.25, 0.3) is 0 Å². The maximum absolute atomic E-state index is 13.3. The third-order valence-electron chi connectivity index (χ3n) is 2.08. The minimum atomic E-state index is -4.74. The van der Waals surface area contributed by atoms with Crippen molar-refractivity contribution in [2.75, 3.05) is 0 Å². The van der Waals surface area contributed by atoms with Crippen LogP contribution in [-0.2, 0) is 6.18 Å². The van der Waals surface area contributed by atoms with Gasteiger partial charge in [-0.05, 0) is 28.1 Å². The zero-order valence-corrected chi connectivity index (χ0v) is 10.7. The van der Waals surface area contributed by atoms with Crippen LogP contribution in [0.1, 0.15) is 5.56 Å². The van der Waals surface area contributed by atoms with E-state index in [9.17, 15) is 17.6 Å². The highest BCUT2D eigenvalue weighted by Crippen LogP contribution is 2.33. The molecule has 3 nitrogen and oxygen atoms in total. The Kier molecular flexibility index (Phi) is 3.70. The van der Waals surface area contributed by atoms with E-state index in [1.807, 2.05) is 0 Å². The predicted octanol–water partition coefficient (Wildman–Crippen LogP) is 4.19. The summed E-state index contributed by atoms with van der Waals surface area (Å²) in [5.41, 5.74) is -1.34. The van der Waals surface area contributed by atoms with Gasteiger partial charge in [0.05, 0.1) is 5.56 Å². The Balaban J connectivity index is 2.26. The van der Waals surface area contributed by atoms with Gasteiger partial charge in [-0.2, -0.15) is 13.2 Å². The molecular weight excluding hydrogens is 332 g/mol. The standard InChI is InChI=1S/C11H5BrF4N2O/c12-9-4-10(18-5-17-9)19-6-1-2-7(8(13)3-6)11(14,15)16/h1-5H. The molecule has 0 bridgehead atoms. The van der Waals surface area contributed by atoms with Gasteiger partial charge in [0.1, 0.15) is 22.5 Å². The number of halogens is 5. The number of aromatic nitrogens is 2. The topological polar surface area (TPSA) is 35.0 Å². The average molecular weight is 337 g/mol. The van der Waals surface area contributed by atoms with Crippen molar-refractivity contribution >= 4 is 15.9 Å². The maximum atomic E-state index is 13.3. The SMILES string of the molecule is Fc1cc(Oc2cc(Br)ncn2)ccc1C(F)(F)F. The third kappa shape index (κ3) is 3.40. The number of hydrogen-bond donors (Lipinski definition) is 0. The van der Waals surface area contributed by atoms with Gasteiger partial charge in [-0.3, -0.25) is 0 Å². The number of nitrogens with zero attached hydrogens (tertiary/aromatic N) is 2. The van der Waals surface area contributed by atoms with Crippen molar-refractivity contribution in [1.29, 1.82) is 0 Å². The number of rotatable bonds is 2. The summed E-state index contributed by atoms with van der Waals surface area (Å²) < 4.78 is 55.9. The molecule has 0 N–H and O–H groups in total. The molecule has 100 valence electrons. The van der Waals surface area contributed by atoms with E-state index in [1.165, 1.54) is 12.4 Å². The summed E-state index contributed by atoms with van der Waals surface area (Å²) >= 11 is 3.07. The largest absolute Gasteiger partial charge is 0.439 e. The molecule has 0 fully saturated rings. The molecule has 0 saturated heterocycles. The number of hydrogen-bond acceptors (Lipinski definition) is 3. The van der Waals surface area contributed by atoms with Crippen LogP contribution < -0.4 is 4.74 Å². The summed E-state index contributed by atoms with van der Waals surface area (Å²) in [4.78, 5) is 7.48. The van der Waals surface area contributed by atoms with Crippen LogP contribution in [0.3, 0.4) is 0 Å². The smallest absolute Gasteiger partial charge is 0.419 e. The zero-order chi connectivity index (χ0) is 14.0. The first kappa shape index (κ1) is 13.7. The molecule has 1 aromatic heterocycles. The monoisotopic (exact) mass is 336 g/mol. The van der Waals surface area contributed by atoms with Crippen molar-refractivity contribution in [3.8, 4) is 11.6 Å². The maximum Gasteiger partial charge on any atom is 0.419 e. The Hall–Kier alpha value is -1.70. The van der Waals surface area contributed by atoms with E-state index in [1.54, 1.807) is 0 Å². The van der Waals surface area contributed by atoms with Gasteiger partial charge in [-0.1, -0.05) is 0 Å². The molecule has 8 heteroatoms. The predicted molar refractivity (Wildman–Crippen MR) is 61.2 cm³/mol. The minimum absolute atomic E-state index is 0.0843. The van der Waals surface area contributed by atoms with Gasteiger partial charge >= 0.3 is 6.18 Å². The van der Waals surface area contributed by atoms with Crippen LogP contribution in [-0.4, -0.2) is 9.97 Å². The Labute approximate surface area is 113 Å². The lowest BCUT2D eigenvalue weighted by molar-refractivity contribution is -0.140. The van der Waals surface area contributed by atoms with Crippen LogP contribution in [0.15, 0.2) is 35.2 Å². The molecule has 2 aromatic rings. The van der Waals surface area contributed by atoms with E-state index < -0.39 is 17.6 Å². The molecule has 0 unspecified atom stereocenters. The van der Waals surface area contributed by atoms with Crippen LogP contribution in [0.2, 0.25) is 0 Å². The quantitative estimate of drug-likeness (QED) is 0.609. The molecular formula is C11H5BrF4N2O. The number of ether oxygens (including phenoxy) is 1. The van der Waals surface area contributed by atoms with E-state index in [0.717, 1.165) is 6.07 Å². The fourth-order valence-corrected chi connectivity index (χ4v) is 1.57. The molecule has 1 heterocycles. The Bertz CT molecular complexity index is 603. The van der Waals surface area contributed by atoms with E-state index in [2.05, 4.69) is 25.9 Å². The highest BCUT2D eigenvalue weighted by molar-refractivity contribution is 9.10. The van der Waals surface area contributed by atoms with Gasteiger partial charge in [-0.15, -0.1) is 0 Å². The van der Waals surface area contributed by atoms with Crippen molar-refractivity contribution in [2.45, 2.75) is 6.18 Å². The van der Waals surface area contributed by atoms with Crippen molar-refractivity contribution in [3.05, 3.63) is 46.6 Å². The summed E-state index contributed by atoms with van der Waals surface area (Å²) in [6, 6.07) is 3.68. The normalized spacial score (nSPS) is 11.4. The molecule has 0 radical (unpaired) electrons. The van der Waals surface area contributed by atoms with E-state index in [4.69, 9.17) is 4.74 Å². The molecule has 0 amide bonds. The molecule has 0 spiro atoms. The van der Waals surface area contributed by atoms with Gasteiger partial charge in [0, 0.05) is 12.1 Å². The van der Waals surface area contributed by atoms with Crippen LogP contribution in [0.25, 0.3) is 0 Å². The number of alkyl halides is 3. The zero-order valence-electron chi connectivity index (χ0n) is 9.08. The molecule has 0 aliphatic rings. The second-order valence-electron chi connectivity index (χ2n) is 3.42. The molecule has 0 saturated carbocycles. The van der Waals surface area contributed by atoms with E-state index >= 15 is 0 Å². The lowest BCUT2D eigenvalue weighted by Gasteiger charge is -2.09. The molecule has 0 aliphatic heterocycles. The first-order valence-electron chi connectivity index (χ1n) is 4.88. The Morgan fingerprint density at radius 3 is 2.42 bits per heavy atom. The molecule has 0 atom stereocenters. The molecule has 2 rings (SSSR count). The van der Waals surface area contributed by atoms with Gasteiger partial charge in [0.2, 0.25) is 5.88 Å². The molecule has 19 heavy (non-hydrogen) atoms. The van der Waals surface area contributed by atoms with Crippen LogP contribution in [0.4, 0.5) is 17.6 Å². The van der Waals surface area contributed by atoms with E-state index in [-0.39, 0.29) is 11.6 Å². The first-order chi connectivity index (χ1) is 8.86. The van der Waals surface area contributed by atoms with Crippen LogP contribution in [0, 0.1) is 5.82 Å². The second kappa shape index (κ2) is 5.12. The number of benzene rings is 1. The van der Waals surface area contributed by atoms with E-state index in [0.29, 0.717) is 16.7 Å². The van der Waals surface area contributed by atoms with Crippen molar-refractivity contribution in [3.63, 3.8) is 0 Å². The Morgan fingerprint density at radius 1 is 1.11 bits per heavy atom. The minimum Gasteiger partial charge on any atom is -0.439 e. The average Bonchev–Trinajstić information content (AvgIpc) is 2.27.